The molecule has 1 amide bonds. The lowest BCUT2D eigenvalue weighted by atomic mass is 9.98. The Hall–Kier alpha value is -1.80. The first-order chi connectivity index (χ1) is 9.22. The summed E-state index contributed by atoms with van der Waals surface area (Å²) in [5, 5.41) is 0.685. The Morgan fingerprint density at radius 2 is 1.68 bits per heavy atom. The van der Waals surface area contributed by atoms with Gasteiger partial charge < -0.3 is 0 Å². The molecule has 2 aliphatic rings. The number of hydrogen-bond donors (Lipinski definition) is 0. The second-order valence-electron chi connectivity index (χ2n) is 5.22. The number of carbonyl (C=O) groups is 1. The Morgan fingerprint density at radius 3 is 2.37 bits per heavy atom. The predicted molar refractivity (Wildman–Crippen MR) is 76.0 cm³/mol. The van der Waals surface area contributed by atoms with Crippen molar-refractivity contribution in [2.24, 2.45) is 0 Å². The van der Waals surface area contributed by atoms with Crippen molar-refractivity contribution < 1.29 is 4.79 Å². The molecule has 2 aromatic carbocycles. The number of nitrogens with zero attached hydrogens (tertiary/aromatic N) is 1. The van der Waals surface area contributed by atoms with Crippen LogP contribution < -0.4 is 4.90 Å². The molecule has 0 unspecified atom stereocenters. The molecule has 1 heterocycles. The number of amides is 1. The molecule has 1 fully saturated rings. The van der Waals surface area contributed by atoms with E-state index in [9.17, 15) is 4.79 Å². The van der Waals surface area contributed by atoms with Gasteiger partial charge in [0, 0.05) is 10.7 Å². The van der Waals surface area contributed by atoms with Crippen molar-refractivity contribution in [3.8, 4) is 0 Å². The van der Waals surface area contributed by atoms with Gasteiger partial charge in [-0.3, -0.25) is 9.69 Å². The number of para-hydroxylation sites is 1. The molecule has 19 heavy (non-hydrogen) atoms. The van der Waals surface area contributed by atoms with Gasteiger partial charge in [-0.05, 0) is 48.7 Å². The average molecular weight is 270 g/mol. The Morgan fingerprint density at radius 1 is 1.00 bits per heavy atom. The van der Waals surface area contributed by atoms with Crippen LogP contribution in [0.25, 0.3) is 0 Å². The van der Waals surface area contributed by atoms with Gasteiger partial charge in [-0.25, -0.2) is 0 Å². The Balaban J connectivity index is 1.89. The zero-order chi connectivity index (χ0) is 13.0. The van der Waals surface area contributed by atoms with Gasteiger partial charge in [-0.15, -0.1) is 0 Å². The number of benzene rings is 2. The van der Waals surface area contributed by atoms with E-state index in [2.05, 4.69) is 6.07 Å². The van der Waals surface area contributed by atoms with E-state index in [4.69, 9.17) is 11.6 Å². The van der Waals surface area contributed by atoms with E-state index in [0.717, 1.165) is 24.2 Å². The molecule has 2 nitrogen and oxygen atoms in total. The Bertz CT molecular complexity index is 673. The molecule has 0 atom stereocenters. The van der Waals surface area contributed by atoms with Crippen LogP contribution in [-0.2, 0) is 10.2 Å². The molecule has 2 aromatic rings. The third-order valence-corrected chi connectivity index (χ3v) is 4.36. The van der Waals surface area contributed by atoms with Crippen LogP contribution in [0.4, 0.5) is 11.4 Å². The second-order valence-corrected chi connectivity index (χ2v) is 5.65. The molecular formula is C16H12ClNO. The lowest BCUT2D eigenvalue weighted by Crippen LogP contribution is -2.27. The van der Waals surface area contributed by atoms with Crippen LogP contribution in [0, 0.1) is 0 Å². The standard InChI is InChI=1S/C16H12ClNO/c17-11-5-7-12(8-6-11)18-14-4-2-1-3-13(14)16(9-10-16)15(18)19/h1-8H,9-10H2. The van der Waals surface area contributed by atoms with Gasteiger partial charge in [0.15, 0.2) is 0 Å². The molecule has 0 radical (unpaired) electrons. The van der Waals surface area contributed by atoms with E-state index < -0.39 is 0 Å². The van der Waals surface area contributed by atoms with Crippen molar-refractivity contribution in [2.75, 3.05) is 4.90 Å². The third kappa shape index (κ3) is 1.41. The third-order valence-electron chi connectivity index (χ3n) is 4.11. The van der Waals surface area contributed by atoms with Gasteiger partial charge in [0.25, 0.3) is 0 Å². The number of carbonyl (C=O) groups excluding carboxylic acids is 1. The summed E-state index contributed by atoms with van der Waals surface area (Å²) >= 11 is 5.92. The summed E-state index contributed by atoms with van der Waals surface area (Å²) in [6, 6.07) is 15.5. The summed E-state index contributed by atoms with van der Waals surface area (Å²) < 4.78 is 0. The van der Waals surface area contributed by atoms with Crippen LogP contribution in [0.15, 0.2) is 48.5 Å². The first-order valence-electron chi connectivity index (χ1n) is 6.42. The molecule has 0 saturated heterocycles. The van der Waals surface area contributed by atoms with Crippen LogP contribution in [-0.4, -0.2) is 5.91 Å². The van der Waals surface area contributed by atoms with E-state index in [1.807, 2.05) is 47.4 Å². The van der Waals surface area contributed by atoms with Gasteiger partial charge in [0.05, 0.1) is 11.1 Å². The minimum absolute atomic E-state index is 0.205. The number of anilines is 2. The molecular weight excluding hydrogens is 258 g/mol. The molecule has 1 spiro atoms. The molecule has 1 aliphatic carbocycles. The molecule has 0 aromatic heterocycles. The van der Waals surface area contributed by atoms with Crippen molar-refractivity contribution in [2.45, 2.75) is 18.3 Å². The first-order valence-corrected chi connectivity index (χ1v) is 6.80. The van der Waals surface area contributed by atoms with Crippen LogP contribution in [0.5, 0.6) is 0 Å². The highest BCUT2D eigenvalue weighted by atomic mass is 35.5. The van der Waals surface area contributed by atoms with Crippen molar-refractivity contribution in [1.29, 1.82) is 0 Å². The van der Waals surface area contributed by atoms with Gasteiger partial charge in [-0.2, -0.15) is 0 Å². The van der Waals surface area contributed by atoms with Crippen LogP contribution in [0.1, 0.15) is 18.4 Å². The summed E-state index contributed by atoms with van der Waals surface area (Å²) in [6.07, 6.45) is 1.93. The fraction of sp³-hybridized carbons (Fsp3) is 0.188. The predicted octanol–water partition coefficient (Wildman–Crippen LogP) is 4.05. The Labute approximate surface area is 116 Å². The summed E-state index contributed by atoms with van der Waals surface area (Å²) in [7, 11) is 0. The first kappa shape index (κ1) is 11.1. The van der Waals surface area contributed by atoms with Crippen LogP contribution in [0.3, 0.4) is 0 Å². The van der Waals surface area contributed by atoms with Crippen molar-refractivity contribution in [1.82, 2.24) is 0 Å². The highest BCUT2D eigenvalue weighted by Crippen LogP contribution is 2.58. The lowest BCUT2D eigenvalue weighted by Gasteiger charge is -2.18. The van der Waals surface area contributed by atoms with Crippen LogP contribution in [0.2, 0.25) is 5.02 Å². The zero-order valence-electron chi connectivity index (χ0n) is 10.3. The maximum absolute atomic E-state index is 12.7. The summed E-state index contributed by atoms with van der Waals surface area (Å²) in [5.41, 5.74) is 2.85. The van der Waals surface area contributed by atoms with E-state index in [0.29, 0.717) is 5.02 Å². The normalized spacial score (nSPS) is 18.8. The Kier molecular flexibility index (Phi) is 2.10. The minimum Gasteiger partial charge on any atom is -0.280 e. The van der Waals surface area contributed by atoms with E-state index in [-0.39, 0.29) is 11.3 Å². The summed E-state index contributed by atoms with van der Waals surface area (Å²) in [6.45, 7) is 0. The fourth-order valence-corrected chi connectivity index (χ4v) is 3.09. The smallest absolute Gasteiger partial charge is 0.242 e. The number of halogens is 1. The van der Waals surface area contributed by atoms with Gasteiger partial charge in [0.2, 0.25) is 5.91 Å². The summed E-state index contributed by atoms with van der Waals surface area (Å²) in [4.78, 5) is 14.6. The zero-order valence-corrected chi connectivity index (χ0v) is 11.0. The second kappa shape index (κ2) is 3.61. The van der Waals surface area contributed by atoms with Crippen molar-refractivity contribution >= 4 is 28.9 Å². The monoisotopic (exact) mass is 269 g/mol. The largest absolute Gasteiger partial charge is 0.280 e. The van der Waals surface area contributed by atoms with Crippen LogP contribution >= 0.6 is 11.6 Å². The minimum atomic E-state index is -0.240. The number of fused-ring (bicyclic) bond motifs is 2. The molecule has 3 heteroatoms. The molecule has 1 saturated carbocycles. The van der Waals surface area contributed by atoms with E-state index in [1.54, 1.807) is 0 Å². The maximum atomic E-state index is 12.7. The average Bonchev–Trinajstić information content (AvgIpc) is 3.19. The highest BCUT2D eigenvalue weighted by Gasteiger charge is 2.59. The molecule has 0 N–H and O–H groups in total. The van der Waals surface area contributed by atoms with Gasteiger partial charge in [-0.1, -0.05) is 29.8 Å². The number of rotatable bonds is 1. The molecule has 94 valence electrons. The molecule has 4 rings (SSSR count). The SMILES string of the molecule is O=C1N(c2ccc(Cl)cc2)c2ccccc2C12CC2. The van der Waals surface area contributed by atoms with E-state index in [1.165, 1.54) is 5.56 Å². The topological polar surface area (TPSA) is 20.3 Å². The van der Waals surface area contributed by atoms with Gasteiger partial charge >= 0.3 is 0 Å². The number of hydrogen-bond acceptors (Lipinski definition) is 1. The fourth-order valence-electron chi connectivity index (χ4n) is 2.97. The maximum Gasteiger partial charge on any atom is 0.242 e. The molecule has 0 bridgehead atoms. The van der Waals surface area contributed by atoms with Gasteiger partial charge in [0.1, 0.15) is 0 Å². The van der Waals surface area contributed by atoms with E-state index >= 15 is 0 Å². The summed E-state index contributed by atoms with van der Waals surface area (Å²) in [5.74, 6) is 0.205. The molecule has 1 aliphatic heterocycles. The highest BCUT2D eigenvalue weighted by molar-refractivity contribution is 6.30. The quantitative estimate of drug-likeness (QED) is 0.765. The lowest BCUT2D eigenvalue weighted by molar-refractivity contribution is -0.119. The van der Waals surface area contributed by atoms with Crippen molar-refractivity contribution in [3.63, 3.8) is 0 Å². The van der Waals surface area contributed by atoms with Crippen molar-refractivity contribution in [3.05, 3.63) is 59.1 Å².